The fraction of sp³-hybridized carbons (Fsp3) is 0.200. The van der Waals surface area contributed by atoms with Crippen LogP contribution in [0.2, 0.25) is 0 Å². The third-order valence-corrected chi connectivity index (χ3v) is 4.24. The summed E-state index contributed by atoms with van der Waals surface area (Å²) in [5, 5.41) is 5.27. The number of hydrogen-bond donors (Lipinski definition) is 3. The molecule has 0 saturated carbocycles. The first kappa shape index (κ1) is 21.0. The number of nitrogens with zero attached hydrogens (tertiary/aromatic N) is 3. The minimum Gasteiger partial charge on any atom is -0.368 e. The number of rotatable bonds is 7. The van der Waals surface area contributed by atoms with Crippen molar-refractivity contribution in [1.82, 2.24) is 15.0 Å². The van der Waals surface area contributed by atoms with E-state index in [2.05, 4.69) is 25.6 Å². The van der Waals surface area contributed by atoms with E-state index in [4.69, 9.17) is 5.73 Å². The molecule has 30 heavy (non-hydrogen) atoms. The van der Waals surface area contributed by atoms with E-state index in [1.807, 2.05) is 42.5 Å². The van der Waals surface area contributed by atoms with Crippen LogP contribution in [0.15, 0.2) is 54.9 Å². The molecule has 2 heterocycles. The Morgan fingerprint density at radius 2 is 1.87 bits per heavy atom. The summed E-state index contributed by atoms with van der Waals surface area (Å²) in [7, 11) is 0. The molecular weight excluding hydrogens is 397 g/mol. The van der Waals surface area contributed by atoms with E-state index < -0.39 is 29.5 Å². The van der Waals surface area contributed by atoms with Crippen molar-refractivity contribution in [1.29, 1.82) is 0 Å². The molecule has 0 bridgehead atoms. The van der Waals surface area contributed by atoms with Gasteiger partial charge in [0.2, 0.25) is 11.9 Å². The first-order valence-corrected chi connectivity index (χ1v) is 8.98. The molecule has 3 aromatic rings. The fourth-order valence-electron chi connectivity index (χ4n) is 2.57. The number of nitrogens with two attached hydrogens (primary N) is 1. The van der Waals surface area contributed by atoms with Gasteiger partial charge in [0, 0.05) is 24.5 Å². The van der Waals surface area contributed by atoms with Crippen molar-refractivity contribution in [3.05, 3.63) is 66.0 Å². The van der Waals surface area contributed by atoms with Gasteiger partial charge in [0.15, 0.2) is 0 Å². The highest BCUT2D eigenvalue weighted by atomic mass is 19.4. The summed E-state index contributed by atoms with van der Waals surface area (Å²) in [6, 6.07) is 12.1. The molecule has 0 unspecified atom stereocenters. The highest BCUT2D eigenvalue weighted by Crippen LogP contribution is 2.34. The Morgan fingerprint density at radius 1 is 1.13 bits per heavy atom. The summed E-state index contributed by atoms with van der Waals surface area (Å²) >= 11 is 0. The third kappa shape index (κ3) is 5.22. The van der Waals surface area contributed by atoms with Gasteiger partial charge in [0.1, 0.15) is 17.4 Å². The van der Waals surface area contributed by atoms with Gasteiger partial charge in [-0.2, -0.15) is 18.2 Å². The van der Waals surface area contributed by atoms with Crippen molar-refractivity contribution in [2.24, 2.45) is 5.73 Å². The van der Waals surface area contributed by atoms with Crippen LogP contribution in [0.4, 0.5) is 24.9 Å². The van der Waals surface area contributed by atoms with Crippen LogP contribution in [0.1, 0.15) is 18.1 Å². The van der Waals surface area contributed by atoms with Gasteiger partial charge in [-0.15, -0.1) is 0 Å². The molecule has 0 aliphatic carbocycles. The van der Waals surface area contributed by atoms with Crippen LogP contribution >= 0.6 is 0 Å². The average molecular weight is 416 g/mol. The van der Waals surface area contributed by atoms with E-state index in [0.29, 0.717) is 12.7 Å². The third-order valence-electron chi connectivity index (χ3n) is 4.24. The number of alkyl halides is 3. The molecule has 10 heteroatoms. The second-order valence-corrected chi connectivity index (χ2v) is 6.49. The number of anilines is 2. The van der Waals surface area contributed by atoms with E-state index in [9.17, 15) is 18.0 Å². The second kappa shape index (κ2) is 8.76. The lowest BCUT2D eigenvalue weighted by Crippen LogP contribution is -2.33. The van der Waals surface area contributed by atoms with Crippen molar-refractivity contribution >= 4 is 17.7 Å². The molecule has 0 saturated heterocycles. The number of hydrogen-bond acceptors (Lipinski definition) is 6. The van der Waals surface area contributed by atoms with Gasteiger partial charge in [-0.1, -0.05) is 30.3 Å². The molecule has 0 radical (unpaired) electrons. The largest absolute Gasteiger partial charge is 0.421 e. The van der Waals surface area contributed by atoms with Crippen LogP contribution in [-0.2, 0) is 17.5 Å². The molecule has 0 aliphatic heterocycles. The standard InChI is InChI=1S/C20H19F3N6O/c1-12(17(24)30)28-18-15(20(21,22)23)11-27-19(29-18)26-10-13-5-7-14(8-6-13)16-4-2-3-9-25-16/h2-9,11-12H,10H2,1H3,(H2,24,30)(H2,26,27,28,29)/t12-/m1/s1. The topological polar surface area (TPSA) is 106 Å². The van der Waals surface area contributed by atoms with Crippen LogP contribution in [0.3, 0.4) is 0 Å². The number of nitrogens with one attached hydrogen (secondary N) is 2. The molecule has 2 aromatic heterocycles. The summed E-state index contributed by atoms with van der Waals surface area (Å²) in [6.07, 6.45) is -2.31. The summed E-state index contributed by atoms with van der Waals surface area (Å²) < 4.78 is 39.6. The SMILES string of the molecule is C[C@@H](Nc1nc(NCc2ccc(-c3ccccn3)cc2)ncc1C(F)(F)F)C(N)=O. The molecule has 0 fully saturated rings. The van der Waals surface area contributed by atoms with Crippen molar-refractivity contribution in [3.63, 3.8) is 0 Å². The summed E-state index contributed by atoms with van der Waals surface area (Å²) in [4.78, 5) is 23.1. The predicted octanol–water partition coefficient (Wildman–Crippen LogP) is 3.46. The van der Waals surface area contributed by atoms with Gasteiger partial charge in [0.25, 0.3) is 0 Å². The Kier molecular flexibility index (Phi) is 6.14. The summed E-state index contributed by atoms with van der Waals surface area (Å²) in [5.41, 5.74) is 6.69. The Balaban J connectivity index is 1.74. The number of benzene rings is 1. The zero-order chi connectivity index (χ0) is 21.7. The first-order valence-electron chi connectivity index (χ1n) is 8.98. The highest BCUT2D eigenvalue weighted by Gasteiger charge is 2.35. The maximum Gasteiger partial charge on any atom is 0.421 e. The van der Waals surface area contributed by atoms with E-state index >= 15 is 0 Å². The molecule has 7 nitrogen and oxygen atoms in total. The number of amides is 1. The van der Waals surface area contributed by atoms with Gasteiger partial charge in [-0.05, 0) is 24.6 Å². The van der Waals surface area contributed by atoms with Crippen molar-refractivity contribution in [2.45, 2.75) is 25.7 Å². The minimum absolute atomic E-state index is 0.0176. The van der Waals surface area contributed by atoms with E-state index in [-0.39, 0.29) is 5.95 Å². The summed E-state index contributed by atoms with van der Waals surface area (Å²) in [6.45, 7) is 1.64. The minimum atomic E-state index is -4.68. The lowest BCUT2D eigenvalue weighted by atomic mass is 10.1. The number of halogens is 3. The fourth-order valence-corrected chi connectivity index (χ4v) is 2.57. The first-order chi connectivity index (χ1) is 14.2. The lowest BCUT2D eigenvalue weighted by Gasteiger charge is -2.17. The molecule has 3 rings (SSSR count). The second-order valence-electron chi connectivity index (χ2n) is 6.49. The van der Waals surface area contributed by atoms with Crippen LogP contribution < -0.4 is 16.4 Å². The maximum atomic E-state index is 13.2. The van der Waals surface area contributed by atoms with Crippen molar-refractivity contribution in [3.8, 4) is 11.3 Å². The number of aromatic nitrogens is 3. The number of primary amides is 1. The average Bonchev–Trinajstić information content (AvgIpc) is 2.72. The normalized spacial score (nSPS) is 12.3. The number of carbonyl (C=O) groups is 1. The predicted molar refractivity (Wildman–Crippen MR) is 106 cm³/mol. The van der Waals surface area contributed by atoms with Crippen LogP contribution in [0, 0.1) is 0 Å². The maximum absolute atomic E-state index is 13.2. The monoisotopic (exact) mass is 416 g/mol. The molecule has 1 aromatic carbocycles. The Morgan fingerprint density at radius 3 is 2.47 bits per heavy atom. The zero-order valence-corrected chi connectivity index (χ0v) is 15.9. The number of pyridine rings is 1. The lowest BCUT2D eigenvalue weighted by molar-refractivity contribution is -0.137. The quantitative estimate of drug-likeness (QED) is 0.545. The van der Waals surface area contributed by atoms with E-state index in [1.165, 1.54) is 6.92 Å². The molecule has 156 valence electrons. The van der Waals surface area contributed by atoms with Crippen LogP contribution in [0.25, 0.3) is 11.3 Å². The molecule has 1 amide bonds. The van der Waals surface area contributed by atoms with E-state index in [0.717, 1.165) is 16.8 Å². The molecule has 0 aliphatic rings. The van der Waals surface area contributed by atoms with E-state index in [1.54, 1.807) is 6.20 Å². The molecule has 0 spiro atoms. The molecular formula is C20H19F3N6O. The Bertz CT molecular complexity index is 1010. The molecule has 4 N–H and O–H groups in total. The van der Waals surface area contributed by atoms with Gasteiger partial charge in [-0.3, -0.25) is 9.78 Å². The molecule has 1 atom stereocenters. The van der Waals surface area contributed by atoms with Crippen LogP contribution in [0.5, 0.6) is 0 Å². The van der Waals surface area contributed by atoms with Gasteiger partial charge in [-0.25, -0.2) is 4.98 Å². The van der Waals surface area contributed by atoms with Crippen molar-refractivity contribution < 1.29 is 18.0 Å². The van der Waals surface area contributed by atoms with Gasteiger partial charge < -0.3 is 16.4 Å². The van der Waals surface area contributed by atoms with Gasteiger partial charge >= 0.3 is 6.18 Å². The number of carbonyl (C=O) groups excluding carboxylic acids is 1. The Hall–Kier alpha value is -3.69. The van der Waals surface area contributed by atoms with Crippen LogP contribution in [-0.4, -0.2) is 26.9 Å². The highest BCUT2D eigenvalue weighted by molar-refractivity contribution is 5.82. The Labute approximate surface area is 170 Å². The van der Waals surface area contributed by atoms with Gasteiger partial charge in [0.05, 0.1) is 5.69 Å². The summed E-state index contributed by atoms with van der Waals surface area (Å²) in [5.74, 6) is -1.34. The zero-order valence-electron chi connectivity index (χ0n) is 15.9. The van der Waals surface area contributed by atoms with Crippen molar-refractivity contribution in [2.75, 3.05) is 10.6 Å². The smallest absolute Gasteiger partial charge is 0.368 e.